The van der Waals surface area contributed by atoms with Gasteiger partial charge in [0.05, 0.1) is 6.04 Å². The molecule has 0 bridgehead atoms. The van der Waals surface area contributed by atoms with Gasteiger partial charge >= 0.3 is 0 Å². The Morgan fingerprint density at radius 2 is 1.85 bits per heavy atom. The summed E-state index contributed by atoms with van der Waals surface area (Å²) in [5, 5.41) is 0. The van der Waals surface area contributed by atoms with Crippen LogP contribution in [-0.2, 0) is 4.74 Å². The van der Waals surface area contributed by atoms with Crippen molar-refractivity contribution < 1.29 is 4.74 Å². The van der Waals surface area contributed by atoms with E-state index in [0.717, 1.165) is 6.54 Å². The molecule has 0 spiro atoms. The summed E-state index contributed by atoms with van der Waals surface area (Å²) in [5.74, 6) is 6.14. The van der Waals surface area contributed by atoms with E-state index in [2.05, 4.69) is 35.7 Å². The molecule has 0 radical (unpaired) electrons. The molecule has 0 fully saturated rings. The van der Waals surface area contributed by atoms with Crippen LogP contribution in [0.25, 0.3) is 0 Å². The Balaban J connectivity index is 4.04. The number of rotatable bonds is 4. The van der Waals surface area contributed by atoms with Gasteiger partial charge in [-0.25, -0.2) is 0 Å². The fourth-order valence-corrected chi connectivity index (χ4v) is 0.916. The predicted octanol–water partition coefficient (Wildman–Crippen LogP) is 0.128. The molecule has 3 heteroatoms. The Morgan fingerprint density at radius 1 is 1.23 bits per heavy atom. The first-order valence-corrected chi connectivity index (χ1v) is 4.36. The number of methoxy groups -OCH3 is 1. The van der Waals surface area contributed by atoms with Crippen molar-refractivity contribution >= 4 is 0 Å². The van der Waals surface area contributed by atoms with E-state index in [1.54, 1.807) is 7.11 Å². The summed E-state index contributed by atoms with van der Waals surface area (Å²) in [7, 11) is 9.83. The van der Waals surface area contributed by atoms with E-state index in [0.29, 0.717) is 6.61 Å². The lowest BCUT2D eigenvalue weighted by atomic mass is 10.2. The second-order valence-corrected chi connectivity index (χ2v) is 3.50. The van der Waals surface area contributed by atoms with Crippen molar-refractivity contribution in [3.05, 3.63) is 0 Å². The van der Waals surface area contributed by atoms with Crippen molar-refractivity contribution in [1.82, 2.24) is 9.80 Å². The van der Waals surface area contributed by atoms with Crippen LogP contribution in [-0.4, -0.2) is 64.3 Å². The van der Waals surface area contributed by atoms with E-state index in [-0.39, 0.29) is 6.04 Å². The van der Waals surface area contributed by atoms with Crippen molar-refractivity contribution in [1.29, 1.82) is 0 Å². The Kier molecular flexibility index (Phi) is 6.61. The average Bonchev–Trinajstić information content (AvgIpc) is 2.02. The summed E-state index contributed by atoms with van der Waals surface area (Å²) in [5.41, 5.74) is 0. The number of nitrogens with zero attached hydrogens (tertiary/aromatic N) is 2. The fourth-order valence-electron chi connectivity index (χ4n) is 0.916. The van der Waals surface area contributed by atoms with Crippen molar-refractivity contribution in [2.75, 3.05) is 48.5 Å². The minimum atomic E-state index is 0.283. The molecule has 1 atom stereocenters. The SMILES string of the molecule is COCC#C[C@H](CN(C)C)N(C)C. The average molecular weight is 184 g/mol. The molecule has 0 rings (SSSR count). The molecule has 0 aliphatic rings. The minimum Gasteiger partial charge on any atom is -0.372 e. The smallest absolute Gasteiger partial charge is 0.107 e. The number of likely N-dealkylation sites (N-methyl/N-ethyl adjacent to an activating group) is 2. The van der Waals surface area contributed by atoms with Gasteiger partial charge in [-0.3, -0.25) is 4.90 Å². The largest absolute Gasteiger partial charge is 0.372 e. The van der Waals surface area contributed by atoms with E-state index in [9.17, 15) is 0 Å². The highest BCUT2D eigenvalue weighted by Crippen LogP contribution is 1.92. The molecule has 3 nitrogen and oxygen atoms in total. The lowest BCUT2D eigenvalue weighted by molar-refractivity contribution is 0.238. The van der Waals surface area contributed by atoms with Gasteiger partial charge in [-0.1, -0.05) is 11.8 Å². The van der Waals surface area contributed by atoms with E-state index in [1.165, 1.54) is 0 Å². The lowest BCUT2D eigenvalue weighted by Crippen LogP contribution is -2.36. The molecule has 76 valence electrons. The Hall–Kier alpha value is -0.560. The van der Waals surface area contributed by atoms with Gasteiger partial charge in [-0.05, 0) is 28.2 Å². The summed E-state index contributed by atoms with van der Waals surface area (Å²) < 4.78 is 4.87. The highest BCUT2D eigenvalue weighted by Gasteiger charge is 2.07. The molecule has 0 aromatic rings. The Morgan fingerprint density at radius 3 is 2.23 bits per heavy atom. The summed E-state index contributed by atoms with van der Waals surface area (Å²) in [6.07, 6.45) is 0. The molecular formula is C10H20N2O. The molecule has 0 heterocycles. The van der Waals surface area contributed by atoms with Crippen LogP contribution in [0.1, 0.15) is 0 Å². The van der Waals surface area contributed by atoms with Gasteiger partial charge in [0.2, 0.25) is 0 Å². The van der Waals surface area contributed by atoms with Gasteiger partial charge < -0.3 is 9.64 Å². The first kappa shape index (κ1) is 12.4. The number of ether oxygens (including phenoxy) is 1. The molecule has 0 saturated carbocycles. The molecule has 0 saturated heterocycles. The molecule has 0 aliphatic heterocycles. The summed E-state index contributed by atoms with van der Waals surface area (Å²) >= 11 is 0. The molecule has 0 aromatic carbocycles. The zero-order valence-electron chi connectivity index (χ0n) is 9.29. The standard InChI is InChI=1S/C10H20N2O/c1-11(2)9-10(12(3)4)7-6-8-13-5/h10H,8-9H2,1-5H3/t10-/m1/s1. The monoisotopic (exact) mass is 184 g/mol. The zero-order valence-corrected chi connectivity index (χ0v) is 9.29. The van der Waals surface area contributed by atoms with Crippen LogP contribution in [0.5, 0.6) is 0 Å². The summed E-state index contributed by atoms with van der Waals surface area (Å²) in [4.78, 5) is 4.24. The normalized spacial score (nSPS) is 12.8. The minimum absolute atomic E-state index is 0.283. The molecule has 0 N–H and O–H groups in total. The van der Waals surface area contributed by atoms with Gasteiger partial charge in [0.1, 0.15) is 6.61 Å². The fraction of sp³-hybridized carbons (Fsp3) is 0.800. The van der Waals surface area contributed by atoms with Crippen LogP contribution in [0.2, 0.25) is 0 Å². The maximum Gasteiger partial charge on any atom is 0.107 e. The van der Waals surface area contributed by atoms with E-state index in [4.69, 9.17) is 4.74 Å². The predicted molar refractivity (Wildman–Crippen MR) is 55.7 cm³/mol. The first-order chi connectivity index (χ1) is 6.07. The van der Waals surface area contributed by atoms with Crippen LogP contribution in [0.15, 0.2) is 0 Å². The summed E-state index contributed by atoms with van der Waals surface area (Å²) in [6.45, 7) is 1.46. The Bertz CT molecular complexity index is 179. The summed E-state index contributed by atoms with van der Waals surface area (Å²) in [6, 6.07) is 0.283. The third-order valence-corrected chi connectivity index (χ3v) is 1.65. The second kappa shape index (κ2) is 6.90. The van der Waals surface area contributed by atoms with Gasteiger partial charge in [-0.15, -0.1) is 0 Å². The van der Waals surface area contributed by atoms with E-state index in [1.807, 2.05) is 14.1 Å². The van der Waals surface area contributed by atoms with Gasteiger partial charge in [0, 0.05) is 13.7 Å². The third-order valence-electron chi connectivity index (χ3n) is 1.65. The quantitative estimate of drug-likeness (QED) is 0.578. The van der Waals surface area contributed by atoms with Crippen LogP contribution in [0.3, 0.4) is 0 Å². The lowest BCUT2D eigenvalue weighted by Gasteiger charge is -2.22. The Labute approximate surface area is 81.7 Å². The van der Waals surface area contributed by atoms with Crippen LogP contribution >= 0.6 is 0 Å². The number of hydrogen-bond acceptors (Lipinski definition) is 3. The zero-order chi connectivity index (χ0) is 10.3. The molecular weight excluding hydrogens is 164 g/mol. The highest BCUT2D eigenvalue weighted by atomic mass is 16.5. The van der Waals surface area contributed by atoms with Crippen molar-refractivity contribution in [3.63, 3.8) is 0 Å². The molecule has 0 amide bonds. The number of hydrogen-bond donors (Lipinski definition) is 0. The van der Waals surface area contributed by atoms with Crippen LogP contribution in [0, 0.1) is 11.8 Å². The highest BCUT2D eigenvalue weighted by molar-refractivity contribution is 5.08. The molecule has 13 heavy (non-hydrogen) atoms. The van der Waals surface area contributed by atoms with Crippen LogP contribution in [0.4, 0.5) is 0 Å². The van der Waals surface area contributed by atoms with Crippen LogP contribution < -0.4 is 0 Å². The third kappa shape index (κ3) is 6.59. The molecule has 0 unspecified atom stereocenters. The van der Waals surface area contributed by atoms with Gasteiger partial charge in [-0.2, -0.15) is 0 Å². The van der Waals surface area contributed by atoms with Crippen molar-refractivity contribution in [3.8, 4) is 11.8 Å². The maximum absolute atomic E-state index is 4.87. The van der Waals surface area contributed by atoms with E-state index < -0.39 is 0 Å². The van der Waals surface area contributed by atoms with Crippen molar-refractivity contribution in [2.45, 2.75) is 6.04 Å². The van der Waals surface area contributed by atoms with Gasteiger partial charge in [0.25, 0.3) is 0 Å². The molecule has 0 aliphatic carbocycles. The first-order valence-electron chi connectivity index (χ1n) is 4.36. The maximum atomic E-state index is 4.87. The van der Waals surface area contributed by atoms with E-state index >= 15 is 0 Å². The topological polar surface area (TPSA) is 15.7 Å². The molecule has 0 aromatic heterocycles. The van der Waals surface area contributed by atoms with Crippen molar-refractivity contribution in [2.24, 2.45) is 0 Å². The van der Waals surface area contributed by atoms with Gasteiger partial charge in [0.15, 0.2) is 0 Å². The second-order valence-electron chi connectivity index (χ2n) is 3.50.